The molecular formula is C15H14N2O3S. The molecule has 0 atom stereocenters. The van der Waals surface area contributed by atoms with E-state index in [0.717, 1.165) is 0 Å². The molecule has 6 heteroatoms. The van der Waals surface area contributed by atoms with Gasteiger partial charge in [0.05, 0.1) is 12.8 Å². The molecule has 2 aromatic rings. The van der Waals surface area contributed by atoms with E-state index in [4.69, 9.17) is 16.9 Å². The highest BCUT2D eigenvalue weighted by Crippen LogP contribution is 2.27. The number of ether oxygens (including phenoxy) is 1. The van der Waals surface area contributed by atoms with Crippen LogP contribution in [0.15, 0.2) is 47.4 Å². The van der Waals surface area contributed by atoms with Gasteiger partial charge in [-0.15, -0.1) is 6.42 Å². The van der Waals surface area contributed by atoms with Crippen LogP contribution in [0.1, 0.15) is 5.56 Å². The lowest BCUT2D eigenvalue weighted by atomic mass is 10.2. The predicted octanol–water partition coefficient (Wildman–Crippen LogP) is 2.06. The second kappa shape index (κ2) is 5.77. The number of nitrogen functional groups attached to an aromatic ring is 1. The number of methoxy groups -OCH3 is 1. The Morgan fingerprint density at radius 2 is 2.00 bits per heavy atom. The van der Waals surface area contributed by atoms with Crippen molar-refractivity contribution >= 4 is 21.4 Å². The van der Waals surface area contributed by atoms with Gasteiger partial charge in [0.2, 0.25) is 0 Å². The van der Waals surface area contributed by atoms with Gasteiger partial charge in [-0.05, 0) is 30.3 Å². The number of terminal acetylenes is 1. The minimum absolute atomic E-state index is 0.00492. The highest BCUT2D eigenvalue weighted by Gasteiger charge is 2.19. The summed E-state index contributed by atoms with van der Waals surface area (Å²) in [5, 5.41) is 0. The minimum Gasteiger partial charge on any atom is -0.495 e. The number of sulfonamides is 1. The Kier molecular flexibility index (Phi) is 4.05. The lowest BCUT2D eigenvalue weighted by Gasteiger charge is -2.12. The Morgan fingerprint density at radius 3 is 2.67 bits per heavy atom. The van der Waals surface area contributed by atoms with Gasteiger partial charge >= 0.3 is 0 Å². The van der Waals surface area contributed by atoms with Crippen molar-refractivity contribution in [1.82, 2.24) is 0 Å². The first-order valence-electron chi connectivity index (χ1n) is 5.99. The SMILES string of the molecule is C#Cc1cccc(NS(=O)(=O)c2ccc(N)cc2OC)c1. The molecule has 0 aliphatic carbocycles. The molecule has 0 radical (unpaired) electrons. The maximum Gasteiger partial charge on any atom is 0.265 e. The van der Waals surface area contributed by atoms with E-state index in [1.54, 1.807) is 24.3 Å². The standard InChI is InChI=1S/C15H14N2O3S/c1-3-11-5-4-6-13(9-11)17-21(18,19)15-8-7-12(16)10-14(15)20-2/h1,4-10,17H,16H2,2H3. The molecule has 0 saturated heterocycles. The maximum absolute atomic E-state index is 12.4. The van der Waals surface area contributed by atoms with Crippen LogP contribution < -0.4 is 15.2 Å². The summed E-state index contributed by atoms with van der Waals surface area (Å²) >= 11 is 0. The summed E-state index contributed by atoms with van der Waals surface area (Å²) in [6, 6.07) is 10.9. The average Bonchev–Trinajstić information content (AvgIpc) is 2.46. The number of anilines is 2. The molecule has 0 amide bonds. The first-order valence-corrected chi connectivity index (χ1v) is 7.47. The fourth-order valence-electron chi connectivity index (χ4n) is 1.79. The Morgan fingerprint density at radius 1 is 1.24 bits per heavy atom. The summed E-state index contributed by atoms with van der Waals surface area (Å²) in [6.07, 6.45) is 5.29. The molecule has 3 N–H and O–H groups in total. The van der Waals surface area contributed by atoms with Crippen LogP contribution in [-0.4, -0.2) is 15.5 Å². The highest BCUT2D eigenvalue weighted by atomic mass is 32.2. The summed E-state index contributed by atoms with van der Waals surface area (Å²) in [7, 11) is -2.42. The molecule has 0 unspecified atom stereocenters. The zero-order chi connectivity index (χ0) is 15.5. The zero-order valence-electron chi connectivity index (χ0n) is 11.3. The van der Waals surface area contributed by atoms with E-state index in [1.165, 1.54) is 25.3 Å². The Hall–Kier alpha value is -2.65. The lowest BCUT2D eigenvalue weighted by molar-refractivity contribution is 0.403. The Labute approximate surface area is 123 Å². The Bertz CT molecular complexity index is 808. The summed E-state index contributed by atoms with van der Waals surface area (Å²) < 4.78 is 32.3. The van der Waals surface area contributed by atoms with Crippen LogP contribution in [0.3, 0.4) is 0 Å². The Balaban J connectivity index is 2.41. The van der Waals surface area contributed by atoms with Gasteiger partial charge in [0.25, 0.3) is 10.0 Å². The maximum atomic E-state index is 12.4. The molecule has 0 aliphatic rings. The van der Waals surface area contributed by atoms with Gasteiger partial charge in [-0.2, -0.15) is 0 Å². The number of nitrogens with one attached hydrogen (secondary N) is 1. The van der Waals surface area contributed by atoms with Crippen molar-refractivity contribution in [2.45, 2.75) is 4.90 Å². The number of nitrogens with two attached hydrogens (primary N) is 1. The largest absolute Gasteiger partial charge is 0.495 e. The molecule has 2 aromatic carbocycles. The molecule has 0 spiro atoms. The third kappa shape index (κ3) is 3.27. The molecule has 0 bridgehead atoms. The second-order valence-electron chi connectivity index (χ2n) is 4.24. The molecule has 0 aliphatic heterocycles. The monoisotopic (exact) mass is 302 g/mol. The minimum atomic E-state index is -3.80. The normalized spacial score (nSPS) is 10.7. The van der Waals surface area contributed by atoms with E-state index in [1.807, 2.05) is 0 Å². The fraction of sp³-hybridized carbons (Fsp3) is 0.0667. The van der Waals surface area contributed by atoms with E-state index in [2.05, 4.69) is 10.6 Å². The molecular weight excluding hydrogens is 288 g/mol. The van der Waals surface area contributed by atoms with E-state index in [-0.39, 0.29) is 10.6 Å². The molecule has 108 valence electrons. The third-order valence-corrected chi connectivity index (χ3v) is 4.18. The van der Waals surface area contributed by atoms with Crippen molar-refractivity contribution in [3.05, 3.63) is 48.0 Å². The zero-order valence-corrected chi connectivity index (χ0v) is 12.1. The van der Waals surface area contributed by atoms with E-state index >= 15 is 0 Å². The van der Waals surface area contributed by atoms with Gasteiger partial charge in [0.1, 0.15) is 10.6 Å². The molecule has 21 heavy (non-hydrogen) atoms. The van der Waals surface area contributed by atoms with Gasteiger partial charge < -0.3 is 10.5 Å². The van der Waals surface area contributed by atoms with Crippen molar-refractivity contribution in [3.63, 3.8) is 0 Å². The van der Waals surface area contributed by atoms with Gasteiger partial charge in [0, 0.05) is 17.3 Å². The summed E-state index contributed by atoms with van der Waals surface area (Å²) in [6.45, 7) is 0. The average molecular weight is 302 g/mol. The molecule has 2 rings (SSSR count). The van der Waals surface area contributed by atoms with Crippen LogP contribution in [0, 0.1) is 12.3 Å². The van der Waals surface area contributed by atoms with Gasteiger partial charge in [-0.1, -0.05) is 12.0 Å². The summed E-state index contributed by atoms with van der Waals surface area (Å²) in [5.74, 6) is 2.62. The first-order chi connectivity index (χ1) is 9.96. The lowest BCUT2D eigenvalue weighted by Crippen LogP contribution is -2.14. The highest BCUT2D eigenvalue weighted by molar-refractivity contribution is 7.92. The van der Waals surface area contributed by atoms with Crippen molar-refractivity contribution < 1.29 is 13.2 Å². The number of benzene rings is 2. The van der Waals surface area contributed by atoms with Gasteiger partial charge in [0.15, 0.2) is 0 Å². The van der Waals surface area contributed by atoms with E-state index in [9.17, 15) is 8.42 Å². The van der Waals surface area contributed by atoms with Gasteiger partial charge in [-0.25, -0.2) is 8.42 Å². The topological polar surface area (TPSA) is 81.4 Å². The van der Waals surface area contributed by atoms with Gasteiger partial charge in [-0.3, -0.25) is 4.72 Å². The van der Waals surface area contributed by atoms with Crippen molar-refractivity contribution in [1.29, 1.82) is 0 Å². The quantitative estimate of drug-likeness (QED) is 0.669. The van der Waals surface area contributed by atoms with Crippen LogP contribution in [-0.2, 0) is 10.0 Å². The van der Waals surface area contributed by atoms with E-state index in [0.29, 0.717) is 16.9 Å². The molecule has 0 heterocycles. The third-order valence-electron chi connectivity index (χ3n) is 2.76. The van der Waals surface area contributed by atoms with E-state index < -0.39 is 10.0 Å². The summed E-state index contributed by atoms with van der Waals surface area (Å²) in [5.41, 5.74) is 7.00. The smallest absolute Gasteiger partial charge is 0.265 e. The molecule has 0 saturated carbocycles. The molecule has 0 aromatic heterocycles. The van der Waals surface area contributed by atoms with Crippen LogP contribution >= 0.6 is 0 Å². The number of hydrogen-bond acceptors (Lipinski definition) is 4. The van der Waals surface area contributed by atoms with Crippen LogP contribution in [0.4, 0.5) is 11.4 Å². The van der Waals surface area contributed by atoms with Crippen molar-refractivity contribution in [2.75, 3.05) is 17.6 Å². The fourth-order valence-corrected chi connectivity index (χ4v) is 2.99. The van der Waals surface area contributed by atoms with Crippen molar-refractivity contribution in [2.24, 2.45) is 0 Å². The number of rotatable bonds is 4. The second-order valence-corrected chi connectivity index (χ2v) is 5.89. The number of hydrogen-bond donors (Lipinski definition) is 2. The van der Waals surface area contributed by atoms with Crippen LogP contribution in [0.5, 0.6) is 5.75 Å². The van der Waals surface area contributed by atoms with Crippen LogP contribution in [0.2, 0.25) is 0 Å². The van der Waals surface area contributed by atoms with Crippen LogP contribution in [0.25, 0.3) is 0 Å². The molecule has 5 nitrogen and oxygen atoms in total. The first kappa shape index (κ1) is 14.8. The molecule has 0 fully saturated rings. The predicted molar refractivity (Wildman–Crippen MR) is 82.6 cm³/mol. The van der Waals surface area contributed by atoms with Crippen molar-refractivity contribution in [3.8, 4) is 18.1 Å². The summed E-state index contributed by atoms with van der Waals surface area (Å²) in [4.78, 5) is 0.00492.